The van der Waals surface area contributed by atoms with Crippen LogP contribution < -0.4 is 10.6 Å². The largest absolute Gasteiger partial charge is 0.462 e. The molecule has 0 saturated carbocycles. The molecule has 0 spiro atoms. The number of morpholine rings is 1. The fraction of sp³-hybridized carbons (Fsp3) is 0.533. The predicted molar refractivity (Wildman–Crippen MR) is 76.9 cm³/mol. The van der Waals surface area contributed by atoms with E-state index in [4.69, 9.17) is 15.2 Å². The van der Waals surface area contributed by atoms with Gasteiger partial charge in [-0.15, -0.1) is 0 Å². The van der Waals surface area contributed by atoms with Crippen LogP contribution in [0, 0.1) is 0 Å². The standard InChI is InChI=1S/C15H20N2O3/c1-2-19-15(18)10-3-6-14(13(16)7-10)17-8-11-4-5-12(9-17)20-11/h3,6-7,11-12H,2,4-5,8-9,16H2,1H3. The van der Waals surface area contributed by atoms with Gasteiger partial charge in [-0.1, -0.05) is 0 Å². The lowest BCUT2D eigenvalue weighted by molar-refractivity contribution is 0.0305. The van der Waals surface area contributed by atoms with Crippen molar-refractivity contribution in [2.75, 3.05) is 30.3 Å². The summed E-state index contributed by atoms with van der Waals surface area (Å²) in [6, 6.07) is 5.39. The molecule has 5 nitrogen and oxygen atoms in total. The highest BCUT2D eigenvalue weighted by atomic mass is 16.5. The maximum absolute atomic E-state index is 11.7. The van der Waals surface area contributed by atoms with Gasteiger partial charge in [0.2, 0.25) is 0 Å². The van der Waals surface area contributed by atoms with Gasteiger partial charge in [0.15, 0.2) is 0 Å². The number of ether oxygens (including phenoxy) is 2. The minimum atomic E-state index is -0.326. The van der Waals surface area contributed by atoms with E-state index in [1.807, 2.05) is 6.07 Å². The molecule has 2 bridgehead atoms. The molecular weight excluding hydrogens is 256 g/mol. The highest BCUT2D eigenvalue weighted by molar-refractivity contribution is 5.92. The molecule has 2 atom stereocenters. The van der Waals surface area contributed by atoms with Gasteiger partial charge in [0.1, 0.15) is 0 Å². The number of carbonyl (C=O) groups is 1. The molecule has 2 aliphatic rings. The molecule has 108 valence electrons. The van der Waals surface area contributed by atoms with E-state index in [0.717, 1.165) is 31.6 Å². The molecule has 1 aromatic carbocycles. The van der Waals surface area contributed by atoms with Crippen LogP contribution in [0.15, 0.2) is 18.2 Å². The van der Waals surface area contributed by atoms with Crippen molar-refractivity contribution in [1.29, 1.82) is 0 Å². The zero-order chi connectivity index (χ0) is 14.1. The maximum atomic E-state index is 11.7. The number of benzene rings is 1. The number of carbonyl (C=O) groups excluding carboxylic acids is 1. The van der Waals surface area contributed by atoms with Gasteiger partial charge in [-0.2, -0.15) is 0 Å². The first-order chi connectivity index (χ1) is 9.67. The normalized spacial score (nSPS) is 24.8. The number of fused-ring (bicyclic) bond motifs is 2. The molecule has 0 amide bonds. The lowest BCUT2D eigenvalue weighted by Crippen LogP contribution is -2.42. The molecule has 0 radical (unpaired) electrons. The molecule has 2 N–H and O–H groups in total. The third-order valence-corrected chi connectivity index (χ3v) is 3.92. The van der Waals surface area contributed by atoms with Crippen molar-refractivity contribution in [1.82, 2.24) is 0 Å². The Morgan fingerprint density at radius 1 is 1.40 bits per heavy atom. The molecule has 0 aromatic heterocycles. The highest BCUT2D eigenvalue weighted by Gasteiger charge is 2.34. The zero-order valence-electron chi connectivity index (χ0n) is 11.7. The van der Waals surface area contributed by atoms with Crippen molar-refractivity contribution < 1.29 is 14.3 Å². The third kappa shape index (κ3) is 2.45. The first-order valence-corrected chi connectivity index (χ1v) is 7.14. The quantitative estimate of drug-likeness (QED) is 0.674. The van der Waals surface area contributed by atoms with Gasteiger partial charge in [-0.05, 0) is 38.0 Å². The van der Waals surface area contributed by atoms with Gasteiger partial charge in [0.05, 0.1) is 35.8 Å². The Kier molecular flexibility index (Phi) is 3.53. The van der Waals surface area contributed by atoms with Crippen molar-refractivity contribution in [2.45, 2.75) is 32.0 Å². The molecule has 0 aliphatic carbocycles. The molecule has 2 saturated heterocycles. The van der Waals surface area contributed by atoms with E-state index in [2.05, 4.69) is 4.90 Å². The Hall–Kier alpha value is -1.75. The topological polar surface area (TPSA) is 64.8 Å². The number of hydrogen-bond donors (Lipinski definition) is 1. The minimum absolute atomic E-state index is 0.317. The summed E-state index contributed by atoms with van der Waals surface area (Å²) in [5.74, 6) is -0.326. The summed E-state index contributed by atoms with van der Waals surface area (Å²) in [5, 5.41) is 0. The summed E-state index contributed by atoms with van der Waals surface area (Å²) < 4.78 is 10.8. The highest BCUT2D eigenvalue weighted by Crippen LogP contribution is 2.32. The van der Waals surface area contributed by atoms with E-state index < -0.39 is 0 Å². The first kappa shape index (κ1) is 13.2. The number of nitrogens with two attached hydrogens (primary N) is 1. The average Bonchev–Trinajstić information content (AvgIpc) is 2.77. The van der Waals surface area contributed by atoms with E-state index in [1.54, 1.807) is 19.1 Å². The molecule has 2 aliphatic heterocycles. The Bertz CT molecular complexity index is 506. The summed E-state index contributed by atoms with van der Waals surface area (Å²) >= 11 is 0. The Morgan fingerprint density at radius 3 is 2.70 bits per heavy atom. The zero-order valence-corrected chi connectivity index (χ0v) is 11.7. The molecule has 2 heterocycles. The summed E-state index contributed by atoms with van der Waals surface area (Å²) in [7, 11) is 0. The van der Waals surface area contributed by atoms with Gasteiger partial charge < -0.3 is 20.1 Å². The fourth-order valence-electron chi connectivity index (χ4n) is 3.00. The predicted octanol–water partition coefficient (Wildman–Crippen LogP) is 1.81. The molecule has 2 fully saturated rings. The SMILES string of the molecule is CCOC(=O)c1ccc(N2CC3CCC(C2)O3)c(N)c1. The molecule has 5 heteroatoms. The fourth-order valence-corrected chi connectivity index (χ4v) is 3.00. The van der Waals surface area contributed by atoms with Crippen LogP contribution in [-0.2, 0) is 9.47 Å². The monoisotopic (exact) mass is 276 g/mol. The third-order valence-electron chi connectivity index (χ3n) is 3.92. The lowest BCUT2D eigenvalue weighted by Gasteiger charge is -2.34. The van der Waals surface area contributed by atoms with E-state index in [9.17, 15) is 4.79 Å². The first-order valence-electron chi connectivity index (χ1n) is 7.14. The van der Waals surface area contributed by atoms with Crippen LogP contribution in [0.5, 0.6) is 0 Å². The van der Waals surface area contributed by atoms with Crippen LogP contribution in [0.25, 0.3) is 0 Å². The molecule has 20 heavy (non-hydrogen) atoms. The average molecular weight is 276 g/mol. The van der Waals surface area contributed by atoms with Crippen LogP contribution in [0.2, 0.25) is 0 Å². The number of esters is 1. The van der Waals surface area contributed by atoms with Crippen molar-refractivity contribution >= 4 is 17.3 Å². The number of nitrogens with zero attached hydrogens (tertiary/aromatic N) is 1. The second-order valence-corrected chi connectivity index (χ2v) is 5.36. The molecular formula is C15H20N2O3. The van der Waals surface area contributed by atoms with Crippen LogP contribution in [0.1, 0.15) is 30.1 Å². The van der Waals surface area contributed by atoms with Crippen molar-refractivity contribution in [2.24, 2.45) is 0 Å². The summed E-state index contributed by atoms with van der Waals surface area (Å²) in [5.41, 5.74) is 8.22. The number of anilines is 2. The second-order valence-electron chi connectivity index (χ2n) is 5.36. The van der Waals surface area contributed by atoms with Crippen molar-refractivity contribution in [3.05, 3.63) is 23.8 Å². The Balaban J connectivity index is 1.79. The number of hydrogen-bond acceptors (Lipinski definition) is 5. The van der Waals surface area contributed by atoms with E-state index >= 15 is 0 Å². The van der Waals surface area contributed by atoms with Crippen molar-refractivity contribution in [3.8, 4) is 0 Å². The van der Waals surface area contributed by atoms with Crippen LogP contribution >= 0.6 is 0 Å². The van der Waals surface area contributed by atoms with E-state index in [1.165, 1.54) is 0 Å². The van der Waals surface area contributed by atoms with Crippen LogP contribution in [0.4, 0.5) is 11.4 Å². The summed E-state index contributed by atoms with van der Waals surface area (Å²) in [6.07, 6.45) is 2.89. The molecule has 2 unspecified atom stereocenters. The van der Waals surface area contributed by atoms with Gasteiger partial charge in [0.25, 0.3) is 0 Å². The van der Waals surface area contributed by atoms with E-state index in [0.29, 0.717) is 30.1 Å². The second kappa shape index (κ2) is 5.32. The number of nitrogen functional groups attached to an aromatic ring is 1. The Labute approximate surface area is 118 Å². The summed E-state index contributed by atoms with van der Waals surface area (Å²) in [4.78, 5) is 13.9. The molecule has 1 aromatic rings. The summed E-state index contributed by atoms with van der Waals surface area (Å²) in [6.45, 7) is 3.91. The van der Waals surface area contributed by atoms with Gasteiger partial charge >= 0.3 is 5.97 Å². The number of rotatable bonds is 3. The van der Waals surface area contributed by atoms with Gasteiger partial charge in [-0.25, -0.2) is 4.79 Å². The lowest BCUT2D eigenvalue weighted by atomic mass is 10.1. The van der Waals surface area contributed by atoms with E-state index in [-0.39, 0.29) is 5.97 Å². The van der Waals surface area contributed by atoms with Gasteiger partial charge in [0, 0.05) is 13.1 Å². The van der Waals surface area contributed by atoms with Gasteiger partial charge in [-0.3, -0.25) is 0 Å². The Morgan fingerprint density at radius 2 is 2.10 bits per heavy atom. The van der Waals surface area contributed by atoms with Crippen LogP contribution in [-0.4, -0.2) is 37.9 Å². The minimum Gasteiger partial charge on any atom is -0.462 e. The van der Waals surface area contributed by atoms with Crippen molar-refractivity contribution in [3.63, 3.8) is 0 Å². The molecule has 3 rings (SSSR count). The smallest absolute Gasteiger partial charge is 0.338 e. The van der Waals surface area contributed by atoms with Crippen LogP contribution in [0.3, 0.4) is 0 Å². The maximum Gasteiger partial charge on any atom is 0.338 e.